The molecule has 0 spiro atoms. The number of carbonyl (C=O) groups is 3. The minimum Gasteiger partial charge on any atom is -0.488 e. The van der Waals surface area contributed by atoms with Crippen molar-refractivity contribution in [2.24, 2.45) is 0 Å². The molecule has 38 heavy (non-hydrogen) atoms. The maximum Gasteiger partial charge on any atom is 0.294 e. The molecule has 1 aliphatic heterocycles. The van der Waals surface area contributed by atoms with Crippen molar-refractivity contribution in [3.05, 3.63) is 105 Å². The second-order valence-electron chi connectivity index (χ2n) is 8.84. The van der Waals surface area contributed by atoms with Crippen molar-refractivity contribution >= 4 is 46.3 Å². The van der Waals surface area contributed by atoms with E-state index in [0.717, 1.165) is 27.8 Å². The molecule has 3 aromatic carbocycles. The van der Waals surface area contributed by atoms with Gasteiger partial charge >= 0.3 is 0 Å². The molecule has 0 radical (unpaired) electrons. The summed E-state index contributed by atoms with van der Waals surface area (Å²) in [7, 11) is 0. The molecule has 0 atom stereocenters. The van der Waals surface area contributed by atoms with E-state index in [-0.39, 0.29) is 17.2 Å². The lowest BCUT2D eigenvalue weighted by Gasteiger charge is -2.13. The molecule has 1 N–H and O–H groups in total. The fourth-order valence-corrected chi connectivity index (χ4v) is 4.51. The van der Waals surface area contributed by atoms with Crippen LogP contribution in [0.2, 0.25) is 0 Å². The molecule has 1 aliphatic rings. The predicted molar refractivity (Wildman–Crippen MR) is 146 cm³/mol. The smallest absolute Gasteiger partial charge is 0.294 e. The van der Waals surface area contributed by atoms with Gasteiger partial charge in [0, 0.05) is 23.4 Å². The zero-order chi connectivity index (χ0) is 27.2. The fourth-order valence-electron chi connectivity index (χ4n) is 3.68. The normalized spacial score (nSPS) is 14.3. The number of rotatable bonds is 9. The Morgan fingerprint density at radius 1 is 1.05 bits per heavy atom. The van der Waals surface area contributed by atoms with E-state index in [1.807, 2.05) is 12.1 Å². The van der Waals surface area contributed by atoms with Crippen molar-refractivity contribution in [1.82, 2.24) is 4.90 Å². The number of ether oxygens (including phenoxy) is 1. The summed E-state index contributed by atoms with van der Waals surface area (Å²) < 4.78 is 5.88. The van der Waals surface area contributed by atoms with E-state index < -0.39 is 28.5 Å². The third-order valence-corrected chi connectivity index (χ3v) is 6.69. The number of hydrogen-bond donors (Lipinski definition) is 1. The summed E-state index contributed by atoms with van der Waals surface area (Å²) in [6.45, 7) is 3.91. The van der Waals surface area contributed by atoms with E-state index in [1.165, 1.54) is 12.1 Å². The van der Waals surface area contributed by atoms with Crippen molar-refractivity contribution < 1.29 is 24.0 Å². The second kappa shape index (κ2) is 11.7. The minimum absolute atomic E-state index is 0.0115. The quantitative estimate of drug-likeness (QED) is 0.205. The van der Waals surface area contributed by atoms with E-state index in [2.05, 4.69) is 19.2 Å². The minimum atomic E-state index is -0.560. The molecule has 1 heterocycles. The van der Waals surface area contributed by atoms with Gasteiger partial charge in [0.1, 0.15) is 18.9 Å². The molecular formula is C28H25N3O6S. The lowest BCUT2D eigenvalue weighted by Crippen LogP contribution is -2.36. The number of benzene rings is 3. The van der Waals surface area contributed by atoms with Crippen LogP contribution in [0.4, 0.5) is 16.2 Å². The van der Waals surface area contributed by atoms with Crippen LogP contribution in [0.25, 0.3) is 6.08 Å². The third kappa shape index (κ3) is 6.46. The standard InChI is InChI=1S/C28H25N3O6S/c1-18(2)20-9-11-22(12-10-20)29-26(32)16-30-27(33)25(38-28(30)34)15-21-5-3-4-6-24(21)37-17-19-7-13-23(14-8-19)31(35)36/h3-15,18H,16-17H2,1-2H3,(H,29,32)/b25-15-. The van der Waals surface area contributed by atoms with Gasteiger partial charge in [-0.1, -0.05) is 44.2 Å². The van der Waals surface area contributed by atoms with E-state index in [9.17, 15) is 24.5 Å². The molecule has 3 amide bonds. The Hall–Kier alpha value is -4.44. The molecule has 194 valence electrons. The SMILES string of the molecule is CC(C)c1ccc(NC(=O)CN2C(=O)S/C(=C\c3ccccc3OCc3ccc([N+](=O)[O-])cc3)C2=O)cc1. The van der Waals surface area contributed by atoms with Crippen molar-refractivity contribution in [2.75, 3.05) is 11.9 Å². The number of nitro groups is 1. The van der Waals surface area contributed by atoms with Crippen molar-refractivity contribution in [2.45, 2.75) is 26.4 Å². The van der Waals surface area contributed by atoms with E-state index in [1.54, 1.807) is 54.6 Å². The molecule has 4 rings (SSSR count). The summed E-state index contributed by atoms with van der Waals surface area (Å²) in [6.07, 6.45) is 1.55. The van der Waals surface area contributed by atoms with Crippen LogP contribution in [0.1, 0.15) is 36.5 Å². The largest absolute Gasteiger partial charge is 0.488 e. The zero-order valence-electron chi connectivity index (χ0n) is 20.7. The van der Waals surface area contributed by atoms with Gasteiger partial charge in [0.05, 0.1) is 9.83 Å². The topological polar surface area (TPSA) is 119 Å². The molecule has 0 aliphatic carbocycles. The predicted octanol–water partition coefficient (Wildman–Crippen LogP) is 5.97. The number of anilines is 1. The van der Waals surface area contributed by atoms with Gasteiger partial charge in [-0.25, -0.2) is 0 Å². The molecule has 9 nitrogen and oxygen atoms in total. The Morgan fingerprint density at radius 2 is 1.74 bits per heavy atom. The highest BCUT2D eigenvalue weighted by atomic mass is 32.2. The molecule has 0 aromatic heterocycles. The van der Waals surface area contributed by atoms with Crippen LogP contribution in [0.5, 0.6) is 5.75 Å². The van der Waals surface area contributed by atoms with Gasteiger partial charge in [0.15, 0.2) is 0 Å². The van der Waals surface area contributed by atoms with Crippen LogP contribution in [-0.4, -0.2) is 33.4 Å². The average Bonchev–Trinajstić information content (AvgIpc) is 3.16. The van der Waals surface area contributed by atoms with Gasteiger partial charge in [-0.15, -0.1) is 0 Å². The van der Waals surface area contributed by atoms with Crippen LogP contribution in [0, 0.1) is 10.1 Å². The lowest BCUT2D eigenvalue weighted by molar-refractivity contribution is -0.384. The Kier molecular flexibility index (Phi) is 8.22. The lowest BCUT2D eigenvalue weighted by atomic mass is 10.0. The van der Waals surface area contributed by atoms with Gasteiger partial charge in [-0.3, -0.25) is 29.4 Å². The second-order valence-corrected chi connectivity index (χ2v) is 9.84. The molecule has 3 aromatic rings. The highest BCUT2D eigenvalue weighted by Gasteiger charge is 2.36. The van der Waals surface area contributed by atoms with E-state index in [4.69, 9.17) is 4.74 Å². The molecular weight excluding hydrogens is 506 g/mol. The summed E-state index contributed by atoms with van der Waals surface area (Å²) in [5, 5.41) is 13.0. The van der Waals surface area contributed by atoms with Crippen LogP contribution in [0.15, 0.2) is 77.7 Å². The first-order valence-corrected chi connectivity index (χ1v) is 12.6. The van der Waals surface area contributed by atoms with Gasteiger partial charge in [-0.2, -0.15) is 0 Å². The first kappa shape index (κ1) is 26.6. The van der Waals surface area contributed by atoms with Crippen molar-refractivity contribution in [3.63, 3.8) is 0 Å². The van der Waals surface area contributed by atoms with Gasteiger partial charge < -0.3 is 10.1 Å². The number of nitro benzene ring substituents is 1. The Morgan fingerprint density at radius 3 is 2.39 bits per heavy atom. The monoisotopic (exact) mass is 531 g/mol. The number of hydrogen-bond acceptors (Lipinski definition) is 7. The van der Waals surface area contributed by atoms with Crippen molar-refractivity contribution in [1.29, 1.82) is 0 Å². The van der Waals surface area contributed by atoms with Crippen LogP contribution >= 0.6 is 11.8 Å². The molecule has 1 fully saturated rings. The number of non-ortho nitro benzene ring substituents is 1. The Balaban J connectivity index is 1.41. The van der Waals surface area contributed by atoms with E-state index >= 15 is 0 Å². The number of nitrogens with zero attached hydrogens (tertiary/aromatic N) is 2. The van der Waals surface area contributed by atoms with Crippen molar-refractivity contribution in [3.8, 4) is 5.75 Å². The summed E-state index contributed by atoms with van der Waals surface area (Å²) in [5.74, 6) is -0.201. The van der Waals surface area contributed by atoms with Crippen LogP contribution in [-0.2, 0) is 16.2 Å². The Labute approximate surface area is 223 Å². The van der Waals surface area contributed by atoms with Gasteiger partial charge in [0.2, 0.25) is 5.91 Å². The number of para-hydroxylation sites is 1. The van der Waals surface area contributed by atoms with Crippen LogP contribution in [0.3, 0.4) is 0 Å². The number of amides is 3. The summed E-state index contributed by atoms with van der Waals surface area (Å²) in [5.41, 5.74) is 3.02. The van der Waals surface area contributed by atoms with Crippen LogP contribution < -0.4 is 10.1 Å². The molecule has 0 bridgehead atoms. The van der Waals surface area contributed by atoms with Gasteiger partial charge in [-0.05, 0) is 65.2 Å². The molecule has 10 heteroatoms. The maximum absolute atomic E-state index is 12.9. The first-order chi connectivity index (χ1) is 18.2. The number of nitrogens with one attached hydrogen (secondary N) is 1. The third-order valence-electron chi connectivity index (χ3n) is 5.78. The number of thioether (sulfide) groups is 1. The molecule has 0 saturated carbocycles. The summed E-state index contributed by atoms with van der Waals surface area (Å²) in [4.78, 5) is 49.5. The maximum atomic E-state index is 12.9. The highest BCUT2D eigenvalue weighted by molar-refractivity contribution is 8.18. The summed E-state index contributed by atoms with van der Waals surface area (Å²) >= 11 is 0.757. The first-order valence-electron chi connectivity index (χ1n) is 11.8. The zero-order valence-corrected chi connectivity index (χ0v) is 21.6. The fraction of sp³-hybridized carbons (Fsp3) is 0.179. The number of carbonyl (C=O) groups excluding carboxylic acids is 3. The summed E-state index contributed by atoms with van der Waals surface area (Å²) in [6, 6.07) is 20.4. The van der Waals surface area contributed by atoms with Gasteiger partial charge in [0.25, 0.3) is 16.8 Å². The average molecular weight is 532 g/mol. The number of imide groups is 1. The Bertz CT molecular complexity index is 1400. The molecule has 0 unspecified atom stereocenters. The highest BCUT2D eigenvalue weighted by Crippen LogP contribution is 2.34. The molecule has 1 saturated heterocycles. The van der Waals surface area contributed by atoms with E-state index in [0.29, 0.717) is 22.9 Å².